The SMILES string of the molecule is CCOc1cccc(CNCC(C)N2CCCC2)c1OC. The Labute approximate surface area is 128 Å². The summed E-state index contributed by atoms with van der Waals surface area (Å²) >= 11 is 0. The number of hydrogen-bond acceptors (Lipinski definition) is 4. The van der Waals surface area contributed by atoms with Gasteiger partial charge in [-0.2, -0.15) is 0 Å². The van der Waals surface area contributed by atoms with Crippen LogP contribution in [0, 0.1) is 0 Å². The number of methoxy groups -OCH3 is 1. The highest BCUT2D eigenvalue weighted by Gasteiger charge is 2.17. The van der Waals surface area contributed by atoms with Gasteiger partial charge in [-0.3, -0.25) is 4.90 Å². The largest absolute Gasteiger partial charge is 0.493 e. The summed E-state index contributed by atoms with van der Waals surface area (Å²) in [5.74, 6) is 1.67. The Morgan fingerprint density at radius 2 is 2.05 bits per heavy atom. The summed E-state index contributed by atoms with van der Waals surface area (Å²) in [5.41, 5.74) is 1.15. The first kappa shape index (κ1) is 16.1. The molecule has 118 valence electrons. The second-order valence-corrected chi connectivity index (χ2v) is 5.60. The molecule has 1 fully saturated rings. The predicted molar refractivity (Wildman–Crippen MR) is 86.1 cm³/mol. The van der Waals surface area contributed by atoms with Crippen molar-refractivity contribution in [2.75, 3.05) is 33.4 Å². The third kappa shape index (κ3) is 4.35. The summed E-state index contributed by atoms with van der Waals surface area (Å²) in [6.45, 7) is 9.23. The van der Waals surface area contributed by atoms with Crippen LogP contribution in [0.1, 0.15) is 32.3 Å². The molecule has 4 nitrogen and oxygen atoms in total. The molecule has 0 amide bonds. The summed E-state index contributed by atoms with van der Waals surface area (Å²) in [6.07, 6.45) is 2.68. The minimum Gasteiger partial charge on any atom is -0.493 e. The predicted octanol–water partition coefficient (Wildman–Crippen LogP) is 2.67. The molecule has 1 aromatic carbocycles. The van der Waals surface area contributed by atoms with Crippen molar-refractivity contribution in [3.8, 4) is 11.5 Å². The molecule has 21 heavy (non-hydrogen) atoms. The average molecular weight is 292 g/mol. The van der Waals surface area contributed by atoms with Crippen LogP contribution in [0.15, 0.2) is 18.2 Å². The molecule has 1 atom stereocenters. The molecule has 2 rings (SSSR count). The van der Waals surface area contributed by atoms with E-state index in [0.29, 0.717) is 12.6 Å². The van der Waals surface area contributed by atoms with E-state index >= 15 is 0 Å². The highest BCUT2D eigenvalue weighted by molar-refractivity contribution is 5.46. The van der Waals surface area contributed by atoms with Gasteiger partial charge in [0.05, 0.1) is 13.7 Å². The third-order valence-electron chi connectivity index (χ3n) is 4.08. The first-order chi connectivity index (χ1) is 10.3. The van der Waals surface area contributed by atoms with E-state index in [1.165, 1.54) is 25.9 Å². The summed E-state index contributed by atoms with van der Waals surface area (Å²) in [5, 5.41) is 3.55. The van der Waals surface area contributed by atoms with Crippen LogP contribution in [0.4, 0.5) is 0 Å². The molecule has 1 aliphatic heterocycles. The van der Waals surface area contributed by atoms with Crippen LogP contribution in [0.25, 0.3) is 0 Å². The average Bonchev–Trinajstić information content (AvgIpc) is 3.02. The van der Waals surface area contributed by atoms with Gasteiger partial charge in [-0.05, 0) is 45.8 Å². The van der Waals surface area contributed by atoms with Crippen LogP contribution in [0.3, 0.4) is 0 Å². The fraction of sp³-hybridized carbons (Fsp3) is 0.647. The fourth-order valence-electron chi connectivity index (χ4n) is 2.93. The van der Waals surface area contributed by atoms with Gasteiger partial charge in [0.2, 0.25) is 0 Å². The van der Waals surface area contributed by atoms with Crippen molar-refractivity contribution in [1.82, 2.24) is 10.2 Å². The Morgan fingerprint density at radius 1 is 1.29 bits per heavy atom. The first-order valence-electron chi connectivity index (χ1n) is 7.99. The van der Waals surface area contributed by atoms with Crippen LogP contribution in [0.5, 0.6) is 11.5 Å². The molecule has 1 unspecified atom stereocenters. The molecular weight excluding hydrogens is 264 g/mol. The van der Waals surface area contributed by atoms with Gasteiger partial charge in [-0.15, -0.1) is 0 Å². The Hall–Kier alpha value is -1.26. The molecule has 0 bridgehead atoms. The van der Waals surface area contributed by atoms with E-state index in [1.807, 2.05) is 19.1 Å². The third-order valence-corrected chi connectivity index (χ3v) is 4.08. The lowest BCUT2D eigenvalue weighted by Gasteiger charge is -2.24. The Bertz CT molecular complexity index is 431. The zero-order chi connectivity index (χ0) is 15.1. The number of ether oxygens (including phenoxy) is 2. The van der Waals surface area contributed by atoms with Crippen molar-refractivity contribution in [2.24, 2.45) is 0 Å². The van der Waals surface area contributed by atoms with Crippen molar-refractivity contribution < 1.29 is 9.47 Å². The van der Waals surface area contributed by atoms with Crippen molar-refractivity contribution in [2.45, 2.75) is 39.3 Å². The lowest BCUT2D eigenvalue weighted by Crippen LogP contribution is -2.38. The van der Waals surface area contributed by atoms with E-state index in [4.69, 9.17) is 9.47 Å². The molecule has 1 aliphatic rings. The Balaban J connectivity index is 1.88. The normalized spacial score (nSPS) is 16.9. The standard InChI is InChI=1S/C17H28N2O2/c1-4-21-16-9-7-8-15(17(16)20-3)13-18-12-14(2)19-10-5-6-11-19/h7-9,14,18H,4-6,10-13H2,1-3H3. The van der Waals surface area contributed by atoms with Crippen LogP contribution >= 0.6 is 0 Å². The summed E-state index contributed by atoms with van der Waals surface area (Å²) in [7, 11) is 1.70. The molecule has 4 heteroatoms. The monoisotopic (exact) mass is 292 g/mol. The number of benzene rings is 1. The molecule has 0 saturated carbocycles. The molecule has 0 aromatic heterocycles. The van der Waals surface area contributed by atoms with Crippen molar-refractivity contribution in [3.63, 3.8) is 0 Å². The molecular formula is C17H28N2O2. The van der Waals surface area contributed by atoms with E-state index in [9.17, 15) is 0 Å². The van der Waals surface area contributed by atoms with Gasteiger partial charge in [0.15, 0.2) is 11.5 Å². The lowest BCUT2D eigenvalue weighted by atomic mass is 10.1. The second-order valence-electron chi connectivity index (χ2n) is 5.60. The quantitative estimate of drug-likeness (QED) is 0.799. The molecule has 0 spiro atoms. The zero-order valence-corrected chi connectivity index (χ0v) is 13.5. The second kappa shape index (κ2) is 8.25. The van der Waals surface area contributed by atoms with Crippen molar-refractivity contribution in [1.29, 1.82) is 0 Å². The molecule has 1 heterocycles. The van der Waals surface area contributed by atoms with E-state index in [0.717, 1.165) is 30.2 Å². The van der Waals surface area contributed by atoms with Crippen LogP contribution in [-0.4, -0.2) is 44.3 Å². The summed E-state index contributed by atoms with van der Waals surface area (Å²) in [4.78, 5) is 2.56. The molecule has 1 saturated heterocycles. The van der Waals surface area contributed by atoms with E-state index < -0.39 is 0 Å². The number of rotatable bonds is 8. The zero-order valence-electron chi connectivity index (χ0n) is 13.5. The van der Waals surface area contributed by atoms with Crippen LogP contribution in [0.2, 0.25) is 0 Å². The number of hydrogen-bond donors (Lipinski definition) is 1. The molecule has 0 radical (unpaired) electrons. The maximum absolute atomic E-state index is 5.62. The number of likely N-dealkylation sites (tertiary alicyclic amines) is 1. The fourth-order valence-corrected chi connectivity index (χ4v) is 2.93. The molecule has 1 N–H and O–H groups in total. The first-order valence-corrected chi connectivity index (χ1v) is 7.99. The Kier molecular flexibility index (Phi) is 6.33. The number of para-hydroxylation sites is 1. The highest BCUT2D eigenvalue weighted by Crippen LogP contribution is 2.30. The van der Waals surface area contributed by atoms with Gasteiger partial charge in [-0.1, -0.05) is 12.1 Å². The van der Waals surface area contributed by atoms with E-state index in [-0.39, 0.29) is 0 Å². The van der Waals surface area contributed by atoms with Gasteiger partial charge in [0.25, 0.3) is 0 Å². The maximum Gasteiger partial charge on any atom is 0.165 e. The van der Waals surface area contributed by atoms with Gasteiger partial charge >= 0.3 is 0 Å². The highest BCUT2D eigenvalue weighted by atomic mass is 16.5. The van der Waals surface area contributed by atoms with E-state index in [2.05, 4.69) is 23.2 Å². The van der Waals surface area contributed by atoms with Gasteiger partial charge in [0.1, 0.15) is 0 Å². The minimum atomic E-state index is 0.591. The van der Waals surface area contributed by atoms with Gasteiger partial charge in [0, 0.05) is 24.7 Å². The molecule has 1 aromatic rings. The number of nitrogens with zero attached hydrogens (tertiary/aromatic N) is 1. The number of nitrogens with one attached hydrogen (secondary N) is 1. The summed E-state index contributed by atoms with van der Waals surface area (Å²) < 4.78 is 11.1. The van der Waals surface area contributed by atoms with Crippen LogP contribution < -0.4 is 14.8 Å². The smallest absolute Gasteiger partial charge is 0.165 e. The van der Waals surface area contributed by atoms with Crippen molar-refractivity contribution in [3.05, 3.63) is 23.8 Å². The summed E-state index contributed by atoms with van der Waals surface area (Å²) in [6, 6.07) is 6.66. The van der Waals surface area contributed by atoms with Crippen LogP contribution in [-0.2, 0) is 6.54 Å². The van der Waals surface area contributed by atoms with Crippen molar-refractivity contribution >= 4 is 0 Å². The Morgan fingerprint density at radius 3 is 2.71 bits per heavy atom. The molecule has 0 aliphatic carbocycles. The van der Waals surface area contributed by atoms with Gasteiger partial charge < -0.3 is 14.8 Å². The topological polar surface area (TPSA) is 33.7 Å². The lowest BCUT2D eigenvalue weighted by molar-refractivity contribution is 0.251. The minimum absolute atomic E-state index is 0.591. The van der Waals surface area contributed by atoms with E-state index in [1.54, 1.807) is 7.11 Å². The van der Waals surface area contributed by atoms with Gasteiger partial charge in [-0.25, -0.2) is 0 Å². The maximum atomic E-state index is 5.62.